The highest BCUT2D eigenvalue weighted by Gasteiger charge is 2.28. The molecule has 0 saturated carbocycles. The molecule has 0 N–H and O–H groups in total. The summed E-state index contributed by atoms with van der Waals surface area (Å²) in [5.41, 5.74) is 2.87. The van der Waals surface area contributed by atoms with Crippen LogP contribution in [0.2, 0.25) is 0 Å². The number of hydrogen-bond acceptors (Lipinski definition) is 3. The SMILES string of the molecule is CCC(=O)N1CC[C@H](c2ccnc3ncc(-c4ccc(F)cc4)n23)C1. The molecule has 1 saturated heterocycles. The van der Waals surface area contributed by atoms with Crippen molar-refractivity contribution in [3.63, 3.8) is 0 Å². The van der Waals surface area contributed by atoms with E-state index in [0.29, 0.717) is 18.7 Å². The molecule has 0 radical (unpaired) electrons. The predicted octanol–water partition coefficient (Wildman–Crippen LogP) is 3.26. The van der Waals surface area contributed by atoms with Crippen molar-refractivity contribution < 1.29 is 9.18 Å². The summed E-state index contributed by atoms with van der Waals surface area (Å²) in [5, 5.41) is 0. The number of carbonyl (C=O) groups excluding carboxylic acids is 1. The number of hydrogen-bond donors (Lipinski definition) is 0. The Bertz CT molecular complexity index is 919. The molecule has 25 heavy (non-hydrogen) atoms. The van der Waals surface area contributed by atoms with Gasteiger partial charge in [-0.05, 0) is 36.8 Å². The van der Waals surface area contributed by atoms with Crippen molar-refractivity contribution in [2.24, 2.45) is 0 Å². The minimum atomic E-state index is -0.263. The monoisotopic (exact) mass is 338 g/mol. The van der Waals surface area contributed by atoms with Crippen molar-refractivity contribution in [3.05, 3.63) is 54.2 Å². The first-order chi connectivity index (χ1) is 12.2. The molecule has 0 unspecified atom stereocenters. The molecule has 0 bridgehead atoms. The van der Waals surface area contributed by atoms with Crippen LogP contribution in [0.3, 0.4) is 0 Å². The second-order valence-corrected chi connectivity index (χ2v) is 6.33. The highest BCUT2D eigenvalue weighted by atomic mass is 19.1. The van der Waals surface area contributed by atoms with E-state index >= 15 is 0 Å². The number of nitrogens with zero attached hydrogens (tertiary/aromatic N) is 4. The number of rotatable bonds is 3. The van der Waals surface area contributed by atoms with E-state index in [1.807, 2.05) is 22.3 Å². The largest absolute Gasteiger partial charge is 0.342 e. The summed E-state index contributed by atoms with van der Waals surface area (Å²) >= 11 is 0. The fourth-order valence-corrected chi connectivity index (χ4v) is 3.54. The molecule has 0 aliphatic carbocycles. The van der Waals surface area contributed by atoms with E-state index in [-0.39, 0.29) is 17.6 Å². The molecule has 1 aliphatic rings. The van der Waals surface area contributed by atoms with Crippen molar-refractivity contribution in [2.75, 3.05) is 13.1 Å². The van der Waals surface area contributed by atoms with Gasteiger partial charge in [-0.15, -0.1) is 0 Å². The van der Waals surface area contributed by atoms with Crippen LogP contribution >= 0.6 is 0 Å². The molecule has 128 valence electrons. The number of benzene rings is 1. The summed E-state index contributed by atoms with van der Waals surface area (Å²) in [4.78, 5) is 22.6. The highest BCUT2D eigenvalue weighted by molar-refractivity contribution is 5.76. The van der Waals surface area contributed by atoms with Crippen molar-refractivity contribution in [3.8, 4) is 11.3 Å². The molecule has 3 heterocycles. The Hall–Kier alpha value is -2.76. The van der Waals surface area contributed by atoms with Gasteiger partial charge in [0.1, 0.15) is 5.82 Å². The summed E-state index contributed by atoms with van der Waals surface area (Å²) in [5.74, 6) is 0.795. The maximum atomic E-state index is 13.2. The van der Waals surface area contributed by atoms with Crippen molar-refractivity contribution >= 4 is 11.7 Å². The molecular weight excluding hydrogens is 319 g/mol. The lowest BCUT2D eigenvalue weighted by atomic mass is 10.0. The van der Waals surface area contributed by atoms with Gasteiger partial charge in [-0.3, -0.25) is 9.20 Å². The zero-order chi connectivity index (χ0) is 17.4. The van der Waals surface area contributed by atoms with Gasteiger partial charge < -0.3 is 4.90 Å². The fraction of sp³-hybridized carbons (Fsp3) is 0.316. The molecule has 1 aromatic carbocycles. The Kier molecular flexibility index (Phi) is 3.95. The number of likely N-dealkylation sites (tertiary alicyclic amines) is 1. The minimum absolute atomic E-state index is 0.192. The third-order valence-electron chi connectivity index (χ3n) is 4.84. The molecular formula is C19H19FN4O. The quantitative estimate of drug-likeness (QED) is 0.736. The summed E-state index contributed by atoms with van der Waals surface area (Å²) in [7, 11) is 0. The van der Waals surface area contributed by atoms with E-state index in [4.69, 9.17) is 0 Å². The van der Waals surface area contributed by atoms with Crippen LogP contribution in [0.5, 0.6) is 0 Å². The van der Waals surface area contributed by atoms with Gasteiger partial charge >= 0.3 is 0 Å². The molecule has 1 amide bonds. The Morgan fingerprint density at radius 1 is 1.24 bits per heavy atom. The van der Waals surface area contributed by atoms with Gasteiger partial charge in [-0.1, -0.05) is 6.92 Å². The average Bonchev–Trinajstić information content (AvgIpc) is 3.29. The summed E-state index contributed by atoms with van der Waals surface area (Å²) in [6.45, 7) is 3.39. The van der Waals surface area contributed by atoms with Gasteiger partial charge in [0.2, 0.25) is 11.7 Å². The van der Waals surface area contributed by atoms with E-state index in [0.717, 1.165) is 29.9 Å². The summed E-state index contributed by atoms with van der Waals surface area (Å²) in [6.07, 6.45) is 4.98. The molecule has 5 nitrogen and oxygen atoms in total. The Labute approximate surface area is 145 Å². The lowest BCUT2D eigenvalue weighted by Gasteiger charge is -2.17. The van der Waals surface area contributed by atoms with E-state index in [9.17, 15) is 9.18 Å². The van der Waals surface area contributed by atoms with Crippen LogP contribution in [-0.4, -0.2) is 38.3 Å². The number of carbonyl (C=O) groups is 1. The number of fused-ring (bicyclic) bond motifs is 1. The van der Waals surface area contributed by atoms with Gasteiger partial charge in [0.05, 0.1) is 11.9 Å². The second kappa shape index (κ2) is 6.27. The number of amides is 1. The molecule has 1 aliphatic heterocycles. The van der Waals surface area contributed by atoms with E-state index in [1.165, 1.54) is 12.1 Å². The molecule has 1 atom stereocenters. The van der Waals surface area contributed by atoms with E-state index < -0.39 is 0 Å². The third-order valence-corrected chi connectivity index (χ3v) is 4.84. The average molecular weight is 338 g/mol. The molecule has 1 fully saturated rings. The summed E-state index contributed by atoms with van der Waals surface area (Å²) in [6, 6.07) is 8.38. The topological polar surface area (TPSA) is 50.5 Å². The first-order valence-electron chi connectivity index (χ1n) is 8.53. The Morgan fingerprint density at radius 3 is 2.80 bits per heavy atom. The lowest BCUT2D eigenvalue weighted by Crippen LogP contribution is -2.27. The zero-order valence-corrected chi connectivity index (χ0v) is 14.0. The van der Waals surface area contributed by atoms with Crippen LogP contribution < -0.4 is 0 Å². The lowest BCUT2D eigenvalue weighted by molar-refractivity contribution is -0.129. The van der Waals surface area contributed by atoms with E-state index in [2.05, 4.69) is 9.97 Å². The van der Waals surface area contributed by atoms with Crippen LogP contribution in [0.4, 0.5) is 4.39 Å². The van der Waals surface area contributed by atoms with Gasteiger partial charge in [0, 0.05) is 42.9 Å². The van der Waals surface area contributed by atoms with Crippen LogP contribution in [0.25, 0.3) is 17.0 Å². The van der Waals surface area contributed by atoms with Crippen molar-refractivity contribution in [1.82, 2.24) is 19.3 Å². The first kappa shape index (κ1) is 15.7. The summed E-state index contributed by atoms with van der Waals surface area (Å²) < 4.78 is 15.3. The van der Waals surface area contributed by atoms with Crippen molar-refractivity contribution in [1.29, 1.82) is 0 Å². The minimum Gasteiger partial charge on any atom is -0.342 e. The molecule has 0 spiro atoms. The van der Waals surface area contributed by atoms with Crippen LogP contribution in [0.1, 0.15) is 31.4 Å². The molecule has 6 heteroatoms. The smallest absolute Gasteiger partial charge is 0.234 e. The van der Waals surface area contributed by atoms with E-state index in [1.54, 1.807) is 24.5 Å². The molecule has 2 aromatic heterocycles. The van der Waals surface area contributed by atoms with Crippen molar-refractivity contribution in [2.45, 2.75) is 25.7 Å². The number of aromatic nitrogens is 3. The maximum absolute atomic E-state index is 13.2. The van der Waals surface area contributed by atoms with Gasteiger partial charge in [0.15, 0.2) is 0 Å². The normalized spacial score (nSPS) is 17.4. The number of imidazole rings is 1. The predicted molar refractivity (Wildman–Crippen MR) is 92.6 cm³/mol. The second-order valence-electron chi connectivity index (χ2n) is 6.33. The van der Waals surface area contributed by atoms with Crippen LogP contribution in [0.15, 0.2) is 42.7 Å². The molecule has 3 aromatic rings. The fourth-order valence-electron chi connectivity index (χ4n) is 3.54. The number of halogens is 1. The zero-order valence-electron chi connectivity index (χ0n) is 14.0. The van der Waals surface area contributed by atoms with Gasteiger partial charge in [0.25, 0.3) is 0 Å². The Balaban J connectivity index is 1.76. The first-order valence-corrected chi connectivity index (χ1v) is 8.53. The highest BCUT2D eigenvalue weighted by Crippen LogP contribution is 2.30. The van der Waals surface area contributed by atoms with Crippen LogP contribution in [-0.2, 0) is 4.79 Å². The van der Waals surface area contributed by atoms with Gasteiger partial charge in [-0.25, -0.2) is 14.4 Å². The Morgan fingerprint density at radius 2 is 2.04 bits per heavy atom. The van der Waals surface area contributed by atoms with Crippen LogP contribution in [0, 0.1) is 5.82 Å². The third kappa shape index (κ3) is 2.77. The maximum Gasteiger partial charge on any atom is 0.234 e. The van der Waals surface area contributed by atoms with Gasteiger partial charge in [-0.2, -0.15) is 0 Å². The standard InChI is InChI=1S/C19H19FN4O/c1-2-18(25)23-10-8-14(12-23)16-7-9-21-19-22-11-17(24(16)19)13-3-5-15(20)6-4-13/h3-7,9,11,14H,2,8,10,12H2,1H3/t14-/m0/s1. The molecule has 4 rings (SSSR count).